The Kier molecular flexibility index (Phi) is 5.05. The van der Waals surface area contributed by atoms with Crippen molar-refractivity contribution in [3.05, 3.63) is 46.9 Å². The smallest absolute Gasteiger partial charge is 0.344 e. The fourth-order valence-corrected chi connectivity index (χ4v) is 1.90. The van der Waals surface area contributed by atoms with Gasteiger partial charge in [-0.1, -0.05) is 12.1 Å². The predicted octanol–water partition coefficient (Wildman–Crippen LogP) is 2.62. The average molecular weight is 324 g/mol. The highest BCUT2D eigenvalue weighted by atomic mass is 19.1. The van der Waals surface area contributed by atoms with E-state index < -0.39 is 30.1 Å². The lowest BCUT2D eigenvalue weighted by atomic mass is 10.1. The second-order valence-electron chi connectivity index (χ2n) is 4.66. The fraction of sp³-hybridized carbons (Fsp3) is 0.267. The van der Waals surface area contributed by atoms with Crippen LogP contribution < -0.4 is 5.32 Å². The number of carbonyl (C=O) groups is 2. The third kappa shape index (κ3) is 3.91. The molecular weight excluding hydrogens is 310 g/mol. The third-order valence-electron chi connectivity index (χ3n) is 3.01. The predicted molar refractivity (Wildman–Crippen MR) is 75.9 cm³/mol. The number of esters is 1. The molecule has 122 valence electrons. The Labute approximate surface area is 130 Å². The van der Waals surface area contributed by atoms with E-state index in [1.54, 1.807) is 13.8 Å². The summed E-state index contributed by atoms with van der Waals surface area (Å²) in [6.07, 6.45) is 0.467. The Bertz CT molecular complexity index is 743. The normalized spacial score (nSPS) is 10.4. The molecule has 0 unspecified atom stereocenters. The first-order valence-corrected chi connectivity index (χ1v) is 6.79. The Balaban J connectivity index is 1.96. The number of nitrogens with one attached hydrogen (secondary N) is 1. The minimum absolute atomic E-state index is 0.174. The molecule has 1 aromatic carbocycles. The lowest BCUT2D eigenvalue weighted by molar-refractivity contribution is -0.119. The van der Waals surface area contributed by atoms with Crippen LogP contribution in [0.3, 0.4) is 0 Å². The lowest BCUT2D eigenvalue weighted by Gasteiger charge is -2.07. The van der Waals surface area contributed by atoms with Gasteiger partial charge >= 0.3 is 5.97 Å². The van der Waals surface area contributed by atoms with Gasteiger partial charge in [0.25, 0.3) is 5.91 Å². The Morgan fingerprint density at radius 2 is 2.09 bits per heavy atom. The second-order valence-corrected chi connectivity index (χ2v) is 4.66. The van der Waals surface area contributed by atoms with E-state index in [9.17, 15) is 18.4 Å². The molecule has 1 heterocycles. The number of nitrogens with zero attached hydrogens (tertiary/aromatic N) is 1. The van der Waals surface area contributed by atoms with Crippen LogP contribution in [0.4, 0.5) is 14.5 Å². The van der Waals surface area contributed by atoms with Crippen molar-refractivity contribution >= 4 is 17.6 Å². The molecule has 6 nitrogen and oxygen atoms in total. The molecule has 2 rings (SSSR count). The SMILES string of the molecule is CCc1noc(C)c1C(=O)OCC(=O)Nc1ccc(F)cc1F. The molecule has 1 amide bonds. The zero-order valence-electron chi connectivity index (χ0n) is 12.5. The molecule has 0 saturated carbocycles. The van der Waals surface area contributed by atoms with Crippen LogP contribution in [0.1, 0.15) is 28.7 Å². The minimum atomic E-state index is -0.923. The van der Waals surface area contributed by atoms with E-state index in [0.29, 0.717) is 18.2 Å². The number of benzene rings is 1. The average Bonchev–Trinajstić information content (AvgIpc) is 2.88. The zero-order chi connectivity index (χ0) is 17.0. The molecule has 0 spiro atoms. The van der Waals surface area contributed by atoms with Gasteiger partial charge in [-0.3, -0.25) is 4.79 Å². The molecule has 0 saturated heterocycles. The van der Waals surface area contributed by atoms with Gasteiger partial charge in [-0.15, -0.1) is 0 Å². The summed E-state index contributed by atoms with van der Waals surface area (Å²) in [7, 11) is 0. The molecule has 23 heavy (non-hydrogen) atoms. The van der Waals surface area contributed by atoms with Crippen LogP contribution in [0.25, 0.3) is 0 Å². The molecule has 2 aromatic rings. The van der Waals surface area contributed by atoms with E-state index in [4.69, 9.17) is 9.26 Å². The number of hydrogen-bond acceptors (Lipinski definition) is 5. The summed E-state index contributed by atoms with van der Waals surface area (Å²) in [5.41, 5.74) is 0.397. The van der Waals surface area contributed by atoms with Crippen LogP contribution in [0.15, 0.2) is 22.7 Å². The van der Waals surface area contributed by atoms with Crippen LogP contribution in [0.2, 0.25) is 0 Å². The molecule has 0 aliphatic carbocycles. The highest BCUT2D eigenvalue weighted by Crippen LogP contribution is 2.16. The first-order chi connectivity index (χ1) is 10.9. The van der Waals surface area contributed by atoms with Crippen LogP contribution >= 0.6 is 0 Å². The van der Waals surface area contributed by atoms with Crippen LogP contribution in [0.5, 0.6) is 0 Å². The quantitative estimate of drug-likeness (QED) is 0.855. The van der Waals surface area contributed by atoms with Crippen LogP contribution in [-0.2, 0) is 16.0 Å². The zero-order valence-corrected chi connectivity index (χ0v) is 12.5. The fourth-order valence-electron chi connectivity index (χ4n) is 1.90. The summed E-state index contributed by atoms with van der Waals surface area (Å²) >= 11 is 0. The highest BCUT2D eigenvalue weighted by Gasteiger charge is 2.21. The molecule has 1 N–H and O–H groups in total. The van der Waals surface area contributed by atoms with E-state index in [-0.39, 0.29) is 17.0 Å². The van der Waals surface area contributed by atoms with Crippen LogP contribution in [-0.4, -0.2) is 23.6 Å². The summed E-state index contributed by atoms with van der Waals surface area (Å²) in [5, 5.41) is 5.89. The lowest BCUT2D eigenvalue weighted by Crippen LogP contribution is -2.22. The first kappa shape index (κ1) is 16.6. The van der Waals surface area contributed by atoms with Gasteiger partial charge in [0, 0.05) is 6.07 Å². The standard InChI is InChI=1S/C15H14F2N2O4/c1-3-11-14(8(2)23-19-11)15(21)22-7-13(20)18-12-5-4-9(16)6-10(12)17/h4-6H,3,7H2,1-2H3,(H,18,20). The van der Waals surface area contributed by atoms with Gasteiger partial charge in [0.2, 0.25) is 0 Å². The molecular formula is C15H14F2N2O4. The van der Waals surface area contributed by atoms with Crippen molar-refractivity contribution in [1.82, 2.24) is 5.16 Å². The van der Waals surface area contributed by atoms with E-state index >= 15 is 0 Å². The number of aromatic nitrogens is 1. The van der Waals surface area contributed by atoms with Crippen molar-refractivity contribution in [3.8, 4) is 0 Å². The number of amides is 1. The van der Waals surface area contributed by atoms with Gasteiger partial charge in [-0.25, -0.2) is 13.6 Å². The Hall–Kier alpha value is -2.77. The monoisotopic (exact) mass is 324 g/mol. The molecule has 8 heteroatoms. The maximum Gasteiger partial charge on any atom is 0.344 e. The summed E-state index contributed by atoms with van der Waals surface area (Å²) in [6.45, 7) is 2.72. The summed E-state index contributed by atoms with van der Waals surface area (Å²) in [4.78, 5) is 23.6. The topological polar surface area (TPSA) is 81.4 Å². The van der Waals surface area contributed by atoms with Gasteiger partial charge in [-0.2, -0.15) is 0 Å². The van der Waals surface area contributed by atoms with Gasteiger partial charge < -0.3 is 14.6 Å². The minimum Gasteiger partial charge on any atom is -0.452 e. The number of carbonyl (C=O) groups excluding carboxylic acids is 2. The van der Waals surface area contributed by atoms with E-state index in [1.807, 2.05) is 0 Å². The third-order valence-corrected chi connectivity index (χ3v) is 3.01. The van der Waals surface area contributed by atoms with Crippen molar-refractivity contribution in [3.63, 3.8) is 0 Å². The van der Waals surface area contributed by atoms with Gasteiger partial charge in [0.15, 0.2) is 6.61 Å². The van der Waals surface area contributed by atoms with Crippen molar-refractivity contribution in [1.29, 1.82) is 0 Å². The van der Waals surface area contributed by atoms with Gasteiger partial charge in [0.1, 0.15) is 23.0 Å². The highest BCUT2D eigenvalue weighted by molar-refractivity contribution is 5.96. The maximum absolute atomic E-state index is 13.4. The maximum atomic E-state index is 13.4. The second kappa shape index (κ2) is 6.99. The number of rotatable bonds is 5. The molecule has 0 fully saturated rings. The molecule has 0 bridgehead atoms. The molecule has 1 aromatic heterocycles. The van der Waals surface area contributed by atoms with Gasteiger partial charge in [-0.05, 0) is 25.5 Å². The first-order valence-electron chi connectivity index (χ1n) is 6.79. The molecule has 0 aliphatic heterocycles. The number of halogens is 2. The van der Waals surface area contributed by atoms with Crippen molar-refractivity contribution in [2.45, 2.75) is 20.3 Å². The Morgan fingerprint density at radius 3 is 2.74 bits per heavy atom. The molecule has 0 atom stereocenters. The van der Waals surface area contributed by atoms with E-state index in [0.717, 1.165) is 12.1 Å². The molecule has 0 radical (unpaired) electrons. The summed E-state index contributed by atoms with van der Waals surface area (Å²) in [6, 6.07) is 2.71. The largest absolute Gasteiger partial charge is 0.452 e. The summed E-state index contributed by atoms with van der Waals surface area (Å²) in [5.74, 6) is -2.90. The number of aryl methyl sites for hydroxylation is 2. The van der Waals surface area contributed by atoms with Crippen molar-refractivity contribution in [2.24, 2.45) is 0 Å². The van der Waals surface area contributed by atoms with Gasteiger partial charge in [0.05, 0.1) is 11.4 Å². The van der Waals surface area contributed by atoms with Crippen molar-refractivity contribution < 1.29 is 27.6 Å². The number of hydrogen-bond donors (Lipinski definition) is 1. The van der Waals surface area contributed by atoms with E-state index in [1.165, 1.54) is 0 Å². The summed E-state index contributed by atoms with van der Waals surface area (Å²) < 4.78 is 35.9. The molecule has 0 aliphatic rings. The Morgan fingerprint density at radius 1 is 1.35 bits per heavy atom. The number of ether oxygens (including phenoxy) is 1. The number of anilines is 1. The van der Waals surface area contributed by atoms with Crippen LogP contribution in [0, 0.1) is 18.6 Å². The van der Waals surface area contributed by atoms with E-state index in [2.05, 4.69) is 10.5 Å². The van der Waals surface area contributed by atoms with Crippen molar-refractivity contribution in [2.75, 3.05) is 11.9 Å².